The highest BCUT2D eigenvalue weighted by molar-refractivity contribution is 5.87. The van der Waals surface area contributed by atoms with E-state index in [1.807, 2.05) is 31.6 Å². The Morgan fingerprint density at radius 1 is 1.06 bits per heavy atom. The number of carbonyl (C=O) groups is 1. The number of hydrogen-bond acceptors (Lipinski definition) is 9. The molecule has 178 valence electrons. The maximum absolute atomic E-state index is 12.4. The zero-order valence-electron chi connectivity index (χ0n) is 19.3. The van der Waals surface area contributed by atoms with Crippen LogP contribution in [0.1, 0.15) is 30.6 Å². The van der Waals surface area contributed by atoms with Gasteiger partial charge in [-0.25, -0.2) is 15.0 Å². The molecule has 1 saturated carbocycles. The Kier molecular flexibility index (Phi) is 4.71. The largest absolute Gasteiger partial charge is 0.373 e. The van der Waals surface area contributed by atoms with Crippen LogP contribution in [0, 0.1) is 0 Å². The van der Waals surface area contributed by atoms with Gasteiger partial charge in [-0.3, -0.25) is 9.48 Å². The second-order valence-corrected chi connectivity index (χ2v) is 9.20. The van der Waals surface area contributed by atoms with E-state index in [-0.39, 0.29) is 17.7 Å². The van der Waals surface area contributed by atoms with Gasteiger partial charge in [0.2, 0.25) is 11.5 Å². The predicted octanol–water partition coefficient (Wildman–Crippen LogP) is 2.08. The molecule has 1 saturated heterocycles. The lowest BCUT2D eigenvalue weighted by atomic mass is 9.98. The highest BCUT2D eigenvalue weighted by Crippen LogP contribution is 2.47. The Bertz CT molecular complexity index is 1430. The molecule has 1 amide bonds. The van der Waals surface area contributed by atoms with Gasteiger partial charge in [0.1, 0.15) is 5.69 Å². The Balaban J connectivity index is 1.26. The van der Waals surface area contributed by atoms with Crippen LogP contribution in [0.2, 0.25) is 0 Å². The lowest BCUT2D eigenvalue weighted by molar-refractivity contribution is -0.144. The highest BCUT2D eigenvalue weighted by atomic mass is 16.5. The number of carbonyl (C=O) groups excluding carboxylic acids is 1. The molecule has 1 atom stereocenters. The number of aryl methyl sites for hydroxylation is 1. The minimum absolute atomic E-state index is 0.118. The summed E-state index contributed by atoms with van der Waals surface area (Å²) >= 11 is 0. The topological polar surface area (TPSA) is 135 Å². The Morgan fingerprint density at radius 2 is 1.83 bits per heavy atom. The van der Waals surface area contributed by atoms with E-state index < -0.39 is 11.5 Å². The minimum Gasteiger partial charge on any atom is -0.373 e. The molecule has 4 aromatic rings. The number of likely N-dealkylation sites (tertiary alicyclic amines) is 1. The lowest BCUT2D eigenvalue weighted by Crippen LogP contribution is -2.35. The normalized spacial score (nSPS) is 20.9. The smallest absolute Gasteiger partial charge is 0.262 e. The van der Waals surface area contributed by atoms with Crippen LogP contribution in [-0.4, -0.2) is 59.4 Å². The molecular formula is C24H24N8O3. The van der Waals surface area contributed by atoms with Crippen molar-refractivity contribution in [1.29, 1.82) is 0 Å². The van der Waals surface area contributed by atoms with Crippen LogP contribution in [-0.2, 0) is 23.0 Å². The monoisotopic (exact) mass is 472 g/mol. The van der Waals surface area contributed by atoms with E-state index in [0.717, 1.165) is 18.4 Å². The van der Waals surface area contributed by atoms with Gasteiger partial charge in [-0.1, -0.05) is 11.2 Å². The Labute approximate surface area is 200 Å². The first-order valence-electron chi connectivity index (χ1n) is 11.4. The van der Waals surface area contributed by atoms with Crippen LogP contribution in [0.4, 0.5) is 5.95 Å². The number of nitrogens with one attached hydrogen (secondary N) is 1. The van der Waals surface area contributed by atoms with Crippen molar-refractivity contribution in [2.75, 3.05) is 18.9 Å². The van der Waals surface area contributed by atoms with E-state index in [2.05, 4.69) is 25.5 Å². The molecule has 5 heterocycles. The first-order valence-corrected chi connectivity index (χ1v) is 11.4. The molecular weight excluding hydrogens is 448 g/mol. The molecule has 0 aromatic carbocycles. The molecule has 11 nitrogen and oxygen atoms in total. The number of nitrogens with zero attached hydrogens (tertiary/aromatic N) is 7. The highest BCUT2D eigenvalue weighted by Gasteiger charge is 2.48. The predicted molar refractivity (Wildman–Crippen MR) is 125 cm³/mol. The van der Waals surface area contributed by atoms with Gasteiger partial charge in [-0.2, -0.15) is 5.10 Å². The number of hydrogen-bond donors (Lipinski definition) is 2. The second-order valence-electron chi connectivity index (χ2n) is 9.20. The van der Waals surface area contributed by atoms with Crippen LogP contribution in [0.25, 0.3) is 22.8 Å². The number of anilines is 1. The minimum atomic E-state index is -1.70. The van der Waals surface area contributed by atoms with Gasteiger partial charge in [0.25, 0.3) is 5.91 Å². The summed E-state index contributed by atoms with van der Waals surface area (Å²) in [7, 11) is 3.55. The third-order valence-corrected chi connectivity index (χ3v) is 6.72. The third kappa shape index (κ3) is 3.64. The maximum atomic E-state index is 12.4. The van der Waals surface area contributed by atoms with Crippen LogP contribution in [0.5, 0.6) is 0 Å². The fraction of sp³-hybridized carbons (Fsp3) is 0.333. The summed E-state index contributed by atoms with van der Waals surface area (Å²) in [6, 6.07) is 8.86. The molecule has 1 aliphatic heterocycles. The zero-order valence-corrected chi connectivity index (χ0v) is 19.3. The molecule has 2 aliphatic rings. The van der Waals surface area contributed by atoms with E-state index in [9.17, 15) is 9.90 Å². The SMILES string of the molecule is CN1CC[C@@](O)(c2cc(-c3cccc(-c4ccnc(NC5(c6cnn(C)c6)CC5)n4)n3)no2)C1=O. The number of pyridine rings is 1. The summed E-state index contributed by atoms with van der Waals surface area (Å²) in [5, 5.41) is 22.6. The van der Waals surface area contributed by atoms with Gasteiger partial charge in [0.05, 0.1) is 28.8 Å². The van der Waals surface area contributed by atoms with Gasteiger partial charge in [-0.15, -0.1) is 0 Å². The molecule has 35 heavy (non-hydrogen) atoms. The van der Waals surface area contributed by atoms with E-state index in [4.69, 9.17) is 9.51 Å². The summed E-state index contributed by atoms with van der Waals surface area (Å²) in [5.41, 5.74) is 1.49. The summed E-state index contributed by atoms with van der Waals surface area (Å²) < 4.78 is 7.16. The summed E-state index contributed by atoms with van der Waals surface area (Å²) in [4.78, 5) is 27.6. The van der Waals surface area contributed by atoms with Crippen LogP contribution in [0.3, 0.4) is 0 Å². The fourth-order valence-corrected chi connectivity index (χ4v) is 4.45. The average Bonchev–Trinajstić information content (AvgIpc) is 3.18. The molecule has 2 fully saturated rings. The second kappa shape index (κ2) is 7.70. The van der Waals surface area contributed by atoms with Gasteiger partial charge >= 0.3 is 0 Å². The van der Waals surface area contributed by atoms with Gasteiger partial charge in [0.15, 0.2) is 5.76 Å². The molecule has 4 aromatic heterocycles. The van der Waals surface area contributed by atoms with Crippen molar-refractivity contribution in [1.82, 2.24) is 34.8 Å². The van der Waals surface area contributed by atoms with E-state index in [0.29, 0.717) is 35.3 Å². The quantitative estimate of drug-likeness (QED) is 0.432. The molecule has 0 radical (unpaired) electrons. The van der Waals surface area contributed by atoms with Crippen LogP contribution < -0.4 is 5.32 Å². The average molecular weight is 473 g/mol. The number of amides is 1. The molecule has 11 heteroatoms. The van der Waals surface area contributed by atoms with Crippen LogP contribution in [0.15, 0.2) is 53.4 Å². The first-order chi connectivity index (χ1) is 16.9. The molecule has 0 bridgehead atoms. The number of aromatic nitrogens is 6. The van der Waals surface area contributed by atoms with E-state index in [1.54, 1.807) is 36.1 Å². The molecule has 6 rings (SSSR count). The van der Waals surface area contributed by atoms with Crippen molar-refractivity contribution in [3.05, 3.63) is 60.2 Å². The summed E-state index contributed by atoms with van der Waals surface area (Å²) in [5.74, 6) is 0.237. The van der Waals surface area contributed by atoms with Gasteiger partial charge < -0.3 is 19.8 Å². The van der Waals surface area contributed by atoms with Crippen molar-refractivity contribution < 1.29 is 14.4 Å². The summed E-state index contributed by atoms with van der Waals surface area (Å²) in [6.45, 7) is 0.450. The van der Waals surface area contributed by atoms with Crippen molar-refractivity contribution in [2.24, 2.45) is 7.05 Å². The van der Waals surface area contributed by atoms with Crippen molar-refractivity contribution in [3.63, 3.8) is 0 Å². The standard InChI is InChI=1S/C24H24N8O3/c1-31-11-9-24(34,21(31)33)20-12-19(30-35-20)17-5-3-4-16(27-17)18-6-10-25-22(28-18)29-23(7-8-23)15-13-26-32(2)14-15/h3-6,10,12-14,34H,7-9,11H2,1-2H3,(H,25,28,29)/t24-/m1/s1. The summed E-state index contributed by atoms with van der Waals surface area (Å²) in [6.07, 6.45) is 7.80. The van der Waals surface area contributed by atoms with E-state index >= 15 is 0 Å². The van der Waals surface area contributed by atoms with E-state index in [1.165, 1.54) is 4.90 Å². The molecule has 2 N–H and O–H groups in total. The van der Waals surface area contributed by atoms with Crippen molar-refractivity contribution in [2.45, 2.75) is 30.4 Å². The van der Waals surface area contributed by atoms with Crippen molar-refractivity contribution in [3.8, 4) is 22.8 Å². The van der Waals surface area contributed by atoms with Gasteiger partial charge in [0, 0.05) is 51.1 Å². The first kappa shape index (κ1) is 21.4. The van der Waals surface area contributed by atoms with Crippen LogP contribution >= 0.6 is 0 Å². The molecule has 0 unspecified atom stereocenters. The lowest BCUT2D eigenvalue weighted by Gasteiger charge is -2.16. The number of rotatable bonds is 6. The Hall–Kier alpha value is -4.12. The zero-order chi connectivity index (χ0) is 24.2. The number of aliphatic hydroxyl groups is 1. The molecule has 1 aliphatic carbocycles. The van der Waals surface area contributed by atoms with Gasteiger partial charge in [-0.05, 0) is 31.0 Å². The van der Waals surface area contributed by atoms with Crippen molar-refractivity contribution >= 4 is 11.9 Å². The molecule has 0 spiro atoms. The Morgan fingerprint density at radius 3 is 2.51 bits per heavy atom. The number of likely N-dealkylation sites (N-methyl/N-ethyl adjacent to an activating group) is 1. The fourth-order valence-electron chi connectivity index (χ4n) is 4.45. The third-order valence-electron chi connectivity index (χ3n) is 6.72. The maximum Gasteiger partial charge on any atom is 0.262 e.